The highest BCUT2D eigenvalue weighted by Crippen LogP contribution is 2.41. The van der Waals surface area contributed by atoms with Crippen LogP contribution in [0.1, 0.15) is 57.1 Å². The van der Waals surface area contributed by atoms with Gasteiger partial charge in [-0.05, 0) is 48.9 Å². The first kappa shape index (κ1) is 17.7. The maximum atomic E-state index is 12.9. The van der Waals surface area contributed by atoms with E-state index in [-0.39, 0.29) is 11.3 Å². The molecule has 0 spiro atoms. The molecule has 1 heterocycles. The molecule has 25 heavy (non-hydrogen) atoms. The predicted octanol–water partition coefficient (Wildman–Crippen LogP) is 6.13. The van der Waals surface area contributed by atoms with E-state index in [2.05, 4.69) is 68.6 Å². The maximum absolute atomic E-state index is 12.9. The number of fused-ring (bicyclic) bond motifs is 1. The number of carbonyl (C=O) groups excluding carboxylic acids is 1. The molecule has 0 aliphatic carbocycles. The van der Waals surface area contributed by atoms with Crippen molar-refractivity contribution in [1.29, 1.82) is 0 Å². The minimum absolute atomic E-state index is 0.208. The summed E-state index contributed by atoms with van der Waals surface area (Å²) in [7, 11) is 0. The Labute approximate surface area is 151 Å². The number of rotatable bonds is 6. The lowest BCUT2D eigenvalue weighted by Crippen LogP contribution is -2.41. The summed E-state index contributed by atoms with van der Waals surface area (Å²) in [4.78, 5) is 12.9. The van der Waals surface area contributed by atoms with Gasteiger partial charge in [0.05, 0.1) is 5.41 Å². The van der Waals surface area contributed by atoms with Gasteiger partial charge in [0.15, 0.2) is 0 Å². The lowest BCUT2D eigenvalue weighted by Gasteiger charge is -2.36. The fourth-order valence-electron chi connectivity index (χ4n) is 3.85. The molecule has 1 aliphatic rings. The van der Waals surface area contributed by atoms with Crippen molar-refractivity contribution in [1.82, 2.24) is 0 Å². The highest BCUT2D eigenvalue weighted by molar-refractivity contribution is 5.99. The first-order chi connectivity index (χ1) is 12.1. The standard InChI is InChI=1S/C23H29NO/c1-4-6-7-14-23(5-2)16-20-13-12-19(15-21(20)24-22(23)25)18-10-8-17(3)9-11-18/h8-13,15H,4-7,14,16H2,1-3H3,(H,24,25). The van der Waals surface area contributed by atoms with Crippen LogP contribution in [0.2, 0.25) is 0 Å². The number of unbranched alkanes of at least 4 members (excludes halogenated alkanes) is 2. The molecule has 2 heteroatoms. The molecule has 0 bridgehead atoms. The van der Waals surface area contributed by atoms with E-state index in [0.717, 1.165) is 36.9 Å². The van der Waals surface area contributed by atoms with Crippen molar-refractivity contribution in [3.05, 3.63) is 53.6 Å². The minimum Gasteiger partial charge on any atom is -0.325 e. The van der Waals surface area contributed by atoms with Gasteiger partial charge in [0.25, 0.3) is 0 Å². The van der Waals surface area contributed by atoms with Crippen LogP contribution in [0, 0.1) is 12.3 Å². The molecule has 1 unspecified atom stereocenters. The molecular weight excluding hydrogens is 306 g/mol. The summed E-state index contributed by atoms with van der Waals surface area (Å²) in [6, 6.07) is 15.1. The number of anilines is 1. The summed E-state index contributed by atoms with van der Waals surface area (Å²) in [5, 5.41) is 3.21. The van der Waals surface area contributed by atoms with E-state index >= 15 is 0 Å². The molecule has 0 aromatic heterocycles. The zero-order chi connectivity index (χ0) is 17.9. The van der Waals surface area contributed by atoms with Crippen LogP contribution in [-0.4, -0.2) is 5.91 Å². The summed E-state index contributed by atoms with van der Waals surface area (Å²) in [5.41, 5.74) is 5.64. The molecule has 1 atom stereocenters. The van der Waals surface area contributed by atoms with Crippen molar-refractivity contribution in [2.75, 3.05) is 5.32 Å². The average molecular weight is 335 g/mol. The van der Waals surface area contributed by atoms with Crippen molar-refractivity contribution in [3.8, 4) is 11.1 Å². The fourth-order valence-corrected chi connectivity index (χ4v) is 3.85. The Hall–Kier alpha value is -2.09. The van der Waals surface area contributed by atoms with Gasteiger partial charge in [0.1, 0.15) is 0 Å². The predicted molar refractivity (Wildman–Crippen MR) is 106 cm³/mol. The molecule has 1 N–H and O–H groups in total. The van der Waals surface area contributed by atoms with Gasteiger partial charge in [-0.25, -0.2) is 0 Å². The van der Waals surface area contributed by atoms with Gasteiger partial charge in [-0.3, -0.25) is 4.79 Å². The second kappa shape index (κ2) is 7.43. The van der Waals surface area contributed by atoms with Crippen molar-refractivity contribution in [3.63, 3.8) is 0 Å². The Kier molecular flexibility index (Phi) is 5.27. The summed E-state index contributed by atoms with van der Waals surface area (Å²) in [6.45, 7) is 6.46. The van der Waals surface area contributed by atoms with E-state index < -0.39 is 0 Å². The first-order valence-corrected chi connectivity index (χ1v) is 9.59. The van der Waals surface area contributed by atoms with Crippen LogP contribution in [0.25, 0.3) is 11.1 Å². The monoisotopic (exact) mass is 335 g/mol. The van der Waals surface area contributed by atoms with Gasteiger partial charge in [-0.15, -0.1) is 0 Å². The van der Waals surface area contributed by atoms with Crippen molar-refractivity contribution >= 4 is 11.6 Å². The molecule has 0 radical (unpaired) electrons. The van der Waals surface area contributed by atoms with Gasteiger partial charge in [-0.2, -0.15) is 0 Å². The quantitative estimate of drug-likeness (QED) is 0.632. The normalized spacial score (nSPS) is 19.4. The third-order valence-electron chi connectivity index (χ3n) is 5.69. The van der Waals surface area contributed by atoms with Crippen LogP contribution < -0.4 is 5.32 Å². The third kappa shape index (κ3) is 3.63. The Morgan fingerprint density at radius 2 is 1.72 bits per heavy atom. The summed E-state index contributed by atoms with van der Waals surface area (Å²) in [5.74, 6) is 0.208. The highest BCUT2D eigenvalue weighted by Gasteiger charge is 2.40. The zero-order valence-corrected chi connectivity index (χ0v) is 15.7. The molecule has 2 aromatic carbocycles. The third-order valence-corrected chi connectivity index (χ3v) is 5.69. The molecule has 0 saturated heterocycles. The number of aryl methyl sites for hydroxylation is 1. The molecule has 1 amide bonds. The molecular formula is C23H29NO. The second-order valence-corrected chi connectivity index (χ2v) is 7.46. The lowest BCUT2D eigenvalue weighted by atomic mass is 9.72. The average Bonchev–Trinajstić information content (AvgIpc) is 2.62. The Bertz CT molecular complexity index is 747. The van der Waals surface area contributed by atoms with Crippen LogP contribution in [-0.2, 0) is 11.2 Å². The van der Waals surface area contributed by atoms with Crippen molar-refractivity contribution in [2.45, 2.75) is 59.3 Å². The lowest BCUT2D eigenvalue weighted by molar-refractivity contribution is -0.126. The van der Waals surface area contributed by atoms with E-state index in [1.165, 1.54) is 29.5 Å². The summed E-state index contributed by atoms with van der Waals surface area (Å²) in [6.07, 6.45) is 6.29. The van der Waals surface area contributed by atoms with Crippen LogP contribution in [0.3, 0.4) is 0 Å². The second-order valence-electron chi connectivity index (χ2n) is 7.46. The molecule has 0 saturated carbocycles. The number of amides is 1. The Morgan fingerprint density at radius 1 is 1.00 bits per heavy atom. The number of nitrogens with one attached hydrogen (secondary N) is 1. The van der Waals surface area contributed by atoms with Crippen LogP contribution in [0.5, 0.6) is 0 Å². The van der Waals surface area contributed by atoms with E-state index in [1.54, 1.807) is 0 Å². The topological polar surface area (TPSA) is 29.1 Å². The molecule has 1 aliphatic heterocycles. The van der Waals surface area contributed by atoms with Gasteiger partial charge in [-0.1, -0.05) is 75.1 Å². The van der Waals surface area contributed by atoms with E-state index in [4.69, 9.17) is 0 Å². The maximum Gasteiger partial charge on any atom is 0.230 e. The SMILES string of the molecule is CCCCCC1(CC)Cc2ccc(-c3ccc(C)cc3)cc2NC1=O. The smallest absolute Gasteiger partial charge is 0.230 e. The number of benzene rings is 2. The van der Waals surface area contributed by atoms with E-state index in [1.807, 2.05) is 0 Å². The van der Waals surface area contributed by atoms with Crippen molar-refractivity contribution in [2.24, 2.45) is 5.41 Å². The van der Waals surface area contributed by atoms with Crippen LogP contribution in [0.4, 0.5) is 5.69 Å². The Morgan fingerprint density at radius 3 is 2.40 bits per heavy atom. The van der Waals surface area contributed by atoms with E-state index in [9.17, 15) is 4.79 Å². The Balaban J connectivity index is 1.87. The largest absolute Gasteiger partial charge is 0.325 e. The minimum atomic E-state index is -0.229. The first-order valence-electron chi connectivity index (χ1n) is 9.59. The number of hydrogen-bond donors (Lipinski definition) is 1. The molecule has 3 rings (SSSR count). The summed E-state index contributed by atoms with van der Waals surface area (Å²) < 4.78 is 0. The molecule has 132 valence electrons. The van der Waals surface area contributed by atoms with Crippen LogP contribution in [0.15, 0.2) is 42.5 Å². The van der Waals surface area contributed by atoms with Gasteiger partial charge < -0.3 is 5.32 Å². The fraction of sp³-hybridized carbons (Fsp3) is 0.435. The van der Waals surface area contributed by atoms with Crippen molar-refractivity contribution < 1.29 is 4.79 Å². The highest BCUT2D eigenvalue weighted by atomic mass is 16.2. The molecule has 0 fully saturated rings. The van der Waals surface area contributed by atoms with Gasteiger partial charge in [0.2, 0.25) is 5.91 Å². The van der Waals surface area contributed by atoms with Gasteiger partial charge in [0, 0.05) is 5.69 Å². The van der Waals surface area contributed by atoms with Gasteiger partial charge >= 0.3 is 0 Å². The summed E-state index contributed by atoms with van der Waals surface area (Å²) >= 11 is 0. The molecule has 2 nitrogen and oxygen atoms in total. The zero-order valence-electron chi connectivity index (χ0n) is 15.7. The van der Waals surface area contributed by atoms with Crippen LogP contribution >= 0.6 is 0 Å². The molecule has 2 aromatic rings. The number of hydrogen-bond acceptors (Lipinski definition) is 1. The van der Waals surface area contributed by atoms with E-state index in [0.29, 0.717) is 0 Å². The number of carbonyl (C=O) groups is 1.